The number of nitrogens with zero attached hydrogens (tertiary/aromatic N) is 4. The first-order valence-corrected chi connectivity index (χ1v) is 7.83. The van der Waals surface area contributed by atoms with Crippen LogP contribution in [-0.2, 0) is 6.42 Å². The SMILES string of the molecule is CCc1c(C(=O)N(C)CC(C)(C)CN)cnn1-c1ccccn1. The first-order chi connectivity index (χ1) is 10.9. The maximum atomic E-state index is 12.8. The van der Waals surface area contributed by atoms with Crippen molar-refractivity contribution in [2.75, 3.05) is 20.1 Å². The molecule has 2 rings (SSSR count). The molecule has 0 atom stereocenters. The molecule has 0 aliphatic heterocycles. The maximum Gasteiger partial charge on any atom is 0.257 e. The van der Waals surface area contributed by atoms with Crippen molar-refractivity contribution in [1.82, 2.24) is 19.7 Å². The molecule has 124 valence electrons. The first-order valence-electron chi connectivity index (χ1n) is 7.83. The number of hydrogen-bond acceptors (Lipinski definition) is 4. The zero-order valence-corrected chi connectivity index (χ0v) is 14.3. The standard InChI is InChI=1S/C17H25N5O/c1-5-14-13(16(23)21(4)12-17(2,3)11-18)10-20-22(14)15-8-6-7-9-19-15/h6-10H,5,11-12,18H2,1-4H3. The van der Waals surface area contributed by atoms with Crippen molar-refractivity contribution >= 4 is 5.91 Å². The number of aromatic nitrogens is 3. The van der Waals surface area contributed by atoms with Crippen LogP contribution < -0.4 is 5.73 Å². The third-order valence-electron chi connectivity index (χ3n) is 3.86. The van der Waals surface area contributed by atoms with Crippen molar-refractivity contribution in [1.29, 1.82) is 0 Å². The molecule has 1 amide bonds. The van der Waals surface area contributed by atoms with Crippen LogP contribution in [-0.4, -0.2) is 45.7 Å². The molecular weight excluding hydrogens is 290 g/mol. The number of carbonyl (C=O) groups excluding carboxylic acids is 1. The van der Waals surface area contributed by atoms with E-state index in [-0.39, 0.29) is 11.3 Å². The number of amides is 1. The summed E-state index contributed by atoms with van der Waals surface area (Å²) in [5, 5.41) is 4.36. The van der Waals surface area contributed by atoms with Gasteiger partial charge < -0.3 is 10.6 Å². The fourth-order valence-electron chi connectivity index (χ4n) is 2.55. The third kappa shape index (κ3) is 3.76. The molecule has 6 nitrogen and oxygen atoms in total. The molecule has 0 aliphatic rings. The topological polar surface area (TPSA) is 77.0 Å². The summed E-state index contributed by atoms with van der Waals surface area (Å²) < 4.78 is 1.73. The molecule has 0 saturated heterocycles. The van der Waals surface area contributed by atoms with Crippen molar-refractivity contribution in [2.45, 2.75) is 27.2 Å². The van der Waals surface area contributed by atoms with Crippen LogP contribution in [0.15, 0.2) is 30.6 Å². The Bertz CT molecular complexity index is 663. The summed E-state index contributed by atoms with van der Waals surface area (Å²) in [5.74, 6) is 0.680. The van der Waals surface area contributed by atoms with Gasteiger partial charge in [0.1, 0.15) is 0 Å². The Morgan fingerprint density at radius 2 is 2.13 bits per heavy atom. The van der Waals surface area contributed by atoms with E-state index in [1.54, 1.807) is 29.0 Å². The highest BCUT2D eigenvalue weighted by Gasteiger charge is 2.25. The molecule has 0 spiro atoms. The van der Waals surface area contributed by atoms with Gasteiger partial charge in [0.25, 0.3) is 5.91 Å². The van der Waals surface area contributed by atoms with Gasteiger partial charge in [-0.15, -0.1) is 0 Å². The van der Waals surface area contributed by atoms with Crippen molar-refractivity contribution in [3.8, 4) is 5.82 Å². The molecule has 0 saturated carbocycles. The zero-order valence-electron chi connectivity index (χ0n) is 14.3. The Kier molecular flexibility index (Phi) is 5.15. The van der Waals surface area contributed by atoms with E-state index in [1.165, 1.54) is 0 Å². The van der Waals surface area contributed by atoms with E-state index in [0.717, 1.165) is 5.69 Å². The summed E-state index contributed by atoms with van der Waals surface area (Å²) in [6.45, 7) is 7.24. The lowest BCUT2D eigenvalue weighted by Gasteiger charge is -2.29. The van der Waals surface area contributed by atoms with Crippen molar-refractivity contribution < 1.29 is 4.79 Å². The molecule has 2 aromatic heterocycles. The van der Waals surface area contributed by atoms with E-state index in [4.69, 9.17) is 5.73 Å². The van der Waals surface area contributed by atoms with Gasteiger partial charge in [0.05, 0.1) is 17.5 Å². The van der Waals surface area contributed by atoms with E-state index in [0.29, 0.717) is 30.9 Å². The number of rotatable bonds is 6. The lowest BCUT2D eigenvalue weighted by Crippen LogP contribution is -2.40. The maximum absolute atomic E-state index is 12.8. The Morgan fingerprint density at radius 3 is 2.70 bits per heavy atom. The van der Waals surface area contributed by atoms with E-state index in [2.05, 4.69) is 23.9 Å². The van der Waals surface area contributed by atoms with Gasteiger partial charge in [-0.2, -0.15) is 5.10 Å². The van der Waals surface area contributed by atoms with Gasteiger partial charge in [-0.3, -0.25) is 4.79 Å². The predicted octanol–water partition coefficient (Wildman–Crippen LogP) is 1.89. The molecule has 6 heteroatoms. The number of carbonyl (C=O) groups is 1. The highest BCUT2D eigenvalue weighted by atomic mass is 16.2. The van der Waals surface area contributed by atoms with Crippen LogP contribution in [0.3, 0.4) is 0 Å². The van der Waals surface area contributed by atoms with E-state index in [1.807, 2.05) is 25.1 Å². The molecule has 2 N–H and O–H groups in total. The third-order valence-corrected chi connectivity index (χ3v) is 3.86. The second kappa shape index (κ2) is 6.91. The summed E-state index contributed by atoms with van der Waals surface area (Å²) in [6, 6.07) is 5.63. The number of hydrogen-bond donors (Lipinski definition) is 1. The highest BCUT2D eigenvalue weighted by Crippen LogP contribution is 2.19. The fraction of sp³-hybridized carbons (Fsp3) is 0.471. The zero-order chi connectivity index (χ0) is 17.0. The van der Waals surface area contributed by atoms with Crippen LogP contribution >= 0.6 is 0 Å². The second-order valence-electron chi connectivity index (χ2n) is 6.49. The Labute approximate surface area is 137 Å². The molecule has 0 aromatic carbocycles. The minimum absolute atomic E-state index is 0.0365. The Hall–Kier alpha value is -2.21. The van der Waals surface area contributed by atoms with Crippen LogP contribution in [0.25, 0.3) is 5.82 Å². The molecular formula is C17H25N5O. The molecule has 0 bridgehead atoms. The summed E-state index contributed by atoms with van der Waals surface area (Å²) in [5.41, 5.74) is 7.14. The smallest absolute Gasteiger partial charge is 0.257 e. The van der Waals surface area contributed by atoms with Crippen LogP contribution in [0.1, 0.15) is 36.8 Å². The molecule has 0 radical (unpaired) electrons. The van der Waals surface area contributed by atoms with Crippen molar-refractivity contribution in [3.05, 3.63) is 41.9 Å². The summed E-state index contributed by atoms with van der Waals surface area (Å²) in [7, 11) is 1.80. The monoisotopic (exact) mass is 315 g/mol. The minimum Gasteiger partial charge on any atom is -0.341 e. The summed E-state index contributed by atoms with van der Waals surface area (Å²) in [4.78, 5) is 18.8. The van der Waals surface area contributed by atoms with Crippen molar-refractivity contribution in [3.63, 3.8) is 0 Å². The van der Waals surface area contributed by atoms with Gasteiger partial charge in [0.15, 0.2) is 5.82 Å². The molecule has 0 fully saturated rings. The summed E-state index contributed by atoms with van der Waals surface area (Å²) >= 11 is 0. The van der Waals surface area contributed by atoms with Gasteiger partial charge in [0.2, 0.25) is 0 Å². The predicted molar refractivity (Wildman–Crippen MR) is 90.5 cm³/mol. The van der Waals surface area contributed by atoms with Gasteiger partial charge in [-0.1, -0.05) is 26.8 Å². The normalized spacial score (nSPS) is 11.5. The van der Waals surface area contributed by atoms with Crippen molar-refractivity contribution in [2.24, 2.45) is 11.1 Å². The second-order valence-corrected chi connectivity index (χ2v) is 6.49. The highest BCUT2D eigenvalue weighted by molar-refractivity contribution is 5.95. The summed E-state index contributed by atoms with van der Waals surface area (Å²) in [6.07, 6.45) is 4.04. The van der Waals surface area contributed by atoms with E-state index >= 15 is 0 Å². The van der Waals surface area contributed by atoms with Crippen LogP contribution in [0.5, 0.6) is 0 Å². The Balaban J connectivity index is 2.30. The van der Waals surface area contributed by atoms with E-state index in [9.17, 15) is 4.79 Å². The van der Waals surface area contributed by atoms with Crippen LogP contribution in [0, 0.1) is 5.41 Å². The average molecular weight is 315 g/mol. The molecule has 0 aliphatic carbocycles. The number of nitrogens with two attached hydrogens (primary N) is 1. The Morgan fingerprint density at radius 1 is 1.39 bits per heavy atom. The molecule has 23 heavy (non-hydrogen) atoms. The van der Waals surface area contributed by atoms with Gasteiger partial charge in [-0.25, -0.2) is 9.67 Å². The molecule has 2 aromatic rings. The molecule has 0 unspecified atom stereocenters. The van der Waals surface area contributed by atoms with Gasteiger partial charge >= 0.3 is 0 Å². The minimum atomic E-state index is -0.117. The molecule has 2 heterocycles. The van der Waals surface area contributed by atoms with Crippen LogP contribution in [0.2, 0.25) is 0 Å². The average Bonchev–Trinajstić information content (AvgIpc) is 2.98. The lowest BCUT2D eigenvalue weighted by atomic mass is 9.93. The lowest BCUT2D eigenvalue weighted by molar-refractivity contribution is 0.0739. The first kappa shape index (κ1) is 17.1. The fourth-order valence-corrected chi connectivity index (χ4v) is 2.55. The largest absolute Gasteiger partial charge is 0.341 e. The quantitative estimate of drug-likeness (QED) is 0.883. The van der Waals surface area contributed by atoms with Crippen LogP contribution in [0.4, 0.5) is 0 Å². The van der Waals surface area contributed by atoms with Gasteiger partial charge in [-0.05, 0) is 30.5 Å². The van der Waals surface area contributed by atoms with Gasteiger partial charge in [0, 0.05) is 19.8 Å². The number of pyridine rings is 1. The van der Waals surface area contributed by atoms with E-state index < -0.39 is 0 Å².